The van der Waals surface area contributed by atoms with Crippen LogP contribution in [0.3, 0.4) is 0 Å². The summed E-state index contributed by atoms with van der Waals surface area (Å²) in [6.45, 7) is 2.16. The fraction of sp³-hybridized carbons (Fsp3) is 0.154. The van der Waals surface area contributed by atoms with Crippen LogP contribution in [0.5, 0.6) is 0 Å². The van der Waals surface area contributed by atoms with E-state index in [0.29, 0.717) is 12.3 Å². The Hall–Kier alpha value is -1.55. The quantitative estimate of drug-likeness (QED) is 0.878. The average molecular weight is 294 g/mol. The highest BCUT2D eigenvalue weighted by Gasteiger charge is 2.16. The predicted molar refractivity (Wildman–Crippen MR) is 69.9 cm³/mol. The third-order valence-corrected chi connectivity index (χ3v) is 3.08. The fourth-order valence-electron chi connectivity index (χ4n) is 1.65. The summed E-state index contributed by atoms with van der Waals surface area (Å²) >= 11 is 3.47. The molecule has 2 aromatic rings. The lowest BCUT2D eigenvalue weighted by Crippen LogP contribution is -2.06. The molecule has 3 nitrogen and oxygen atoms in total. The van der Waals surface area contributed by atoms with E-state index in [1.54, 1.807) is 13.1 Å². The molecule has 2 rings (SSSR count). The van der Waals surface area contributed by atoms with E-state index >= 15 is 0 Å². The summed E-state index contributed by atoms with van der Waals surface area (Å²) in [6, 6.07) is 9.63. The van der Waals surface area contributed by atoms with Crippen molar-refractivity contribution in [1.82, 2.24) is 4.98 Å². The first kappa shape index (κ1) is 11.9. The lowest BCUT2D eigenvalue weighted by atomic mass is 10.1. The molecule has 1 N–H and O–H groups in total. The van der Waals surface area contributed by atoms with E-state index in [2.05, 4.69) is 20.9 Å². The maximum Gasteiger partial charge on any atom is 0.355 e. The highest BCUT2D eigenvalue weighted by atomic mass is 79.9. The zero-order valence-corrected chi connectivity index (χ0v) is 11.0. The van der Waals surface area contributed by atoms with Crippen LogP contribution in [0.15, 0.2) is 41.0 Å². The number of carbonyl (C=O) groups excluding carboxylic acids is 1. The molecule has 0 fully saturated rings. The molecule has 88 valence electrons. The monoisotopic (exact) mass is 293 g/mol. The van der Waals surface area contributed by atoms with Gasteiger partial charge in [0, 0.05) is 16.2 Å². The average Bonchev–Trinajstić information content (AvgIpc) is 2.79. The number of nitrogens with one attached hydrogen (secondary N) is 1. The minimum Gasteiger partial charge on any atom is -0.461 e. The van der Waals surface area contributed by atoms with Crippen LogP contribution in [0.1, 0.15) is 17.4 Å². The van der Waals surface area contributed by atoms with Gasteiger partial charge in [-0.25, -0.2) is 4.79 Å². The number of rotatable bonds is 3. The van der Waals surface area contributed by atoms with Gasteiger partial charge in [-0.3, -0.25) is 0 Å². The van der Waals surface area contributed by atoms with E-state index < -0.39 is 0 Å². The van der Waals surface area contributed by atoms with Crippen LogP contribution in [0.4, 0.5) is 0 Å². The molecule has 0 bridgehead atoms. The number of hydrogen-bond acceptors (Lipinski definition) is 2. The Morgan fingerprint density at radius 1 is 1.29 bits per heavy atom. The molecule has 0 aliphatic carbocycles. The van der Waals surface area contributed by atoms with Crippen LogP contribution < -0.4 is 0 Å². The van der Waals surface area contributed by atoms with Crippen molar-refractivity contribution in [1.29, 1.82) is 0 Å². The summed E-state index contributed by atoms with van der Waals surface area (Å²) < 4.78 is 5.95. The Morgan fingerprint density at radius 2 is 2.06 bits per heavy atom. The summed E-state index contributed by atoms with van der Waals surface area (Å²) in [5.74, 6) is -0.330. The zero-order chi connectivity index (χ0) is 12.3. The van der Waals surface area contributed by atoms with Crippen LogP contribution in [0.25, 0.3) is 11.1 Å². The molecule has 0 saturated carbocycles. The molecule has 0 spiro atoms. The second-order valence-electron chi connectivity index (χ2n) is 3.47. The van der Waals surface area contributed by atoms with E-state index in [9.17, 15) is 4.79 Å². The molecule has 0 amide bonds. The van der Waals surface area contributed by atoms with Gasteiger partial charge in [0.2, 0.25) is 0 Å². The van der Waals surface area contributed by atoms with E-state index in [-0.39, 0.29) is 5.97 Å². The Morgan fingerprint density at radius 3 is 2.76 bits per heavy atom. The number of aromatic amines is 1. The second-order valence-corrected chi connectivity index (χ2v) is 4.32. The van der Waals surface area contributed by atoms with Gasteiger partial charge in [-0.2, -0.15) is 0 Å². The molecule has 0 radical (unpaired) electrons. The van der Waals surface area contributed by atoms with Gasteiger partial charge in [-0.15, -0.1) is 0 Å². The largest absolute Gasteiger partial charge is 0.461 e. The Kier molecular flexibility index (Phi) is 3.64. The molecule has 1 heterocycles. The number of hydrogen-bond donors (Lipinski definition) is 1. The van der Waals surface area contributed by atoms with Crippen molar-refractivity contribution in [3.8, 4) is 11.1 Å². The van der Waals surface area contributed by atoms with Crippen LogP contribution in [0, 0.1) is 0 Å². The molecular formula is C13H12BrNO2. The second kappa shape index (κ2) is 5.19. The third kappa shape index (κ3) is 2.42. The molecule has 1 aromatic carbocycles. The summed E-state index contributed by atoms with van der Waals surface area (Å²) in [4.78, 5) is 14.7. The molecule has 0 saturated heterocycles. The molecule has 0 atom stereocenters. The van der Waals surface area contributed by atoms with E-state index in [4.69, 9.17) is 4.74 Å². The predicted octanol–water partition coefficient (Wildman–Crippen LogP) is 3.62. The number of ether oxygens (including phenoxy) is 1. The zero-order valence-electron chi connectivity index (χ0n) is 9.37. The molecule has 0 aliphatic rings. The van der Waals surface area contributed by atoms with Crippen molar-refractivity contribution in [2.45, 2.75) is 6.92 Å². The van der Waals surface area contributed by atoms with Crippen molar-refractivity contribution in [2.75, 3.05) is 6.61 Å². The number of carbonyl (C=O) groups is 1. The topological polar surface area (TPSA) is 42.1 Å². The van der Waals surface area contributed by atoms with Crippen LogP contribution in [-0.2, 0) is 4.74 Å². The lowest BCUT2D eigenvalue weighted by Gasteiger charge is -2.05. The lowest BCUT2D eigenvalue weighted by molar-refractivity contribution is 0.0521. The standard InChI is InChI=1S/C13H12BrNO2/c1-2-17-13(16)12-10(7-8-15-12)9-5-3-4-6-11(9)14/h3-8,15H,2H2,1H3. The van der Waals surface area contributed by atoms with Gasteiger partial charge < -0.3 is 9.72 Å². The SMILES string of the molecule is CCOC(=O)c1[nH]ccc1-c1ccccc1Br. The number of halogens is 1. The van der Waals surface area contributed by atoms with Gasteiger partial charge >= 0.3 is 5.97 Å². The maximum absolute atomic E-state index is 11.7. The van der Waals surface area contributed by atoms with Crippen molar-refractivity contribution >= 4 is 21.9 Å². The van der Waals surface area contributed by atoms with Crippen molar-refractivity contribution in [3.63, 3.8) is 0 Å². The molecule has 0 unspecified atom stereocenters. The number of esters is 1. The number of H-pyrrole nitrogens is 1. The molecular weight excluding hydrogens is 282 g/mol. The van der Waals surface area contributed by atoms with Crippen LogP contribution >= 0.6 is 15.9 Å². The first-order valence-corrected chi connectivity index (χ1v) is 6.12. The van der Waals surface area contributed by atoms with Crippen molar-refractivity contribution in [2.24, 2.45) is 0 Å². The van der Waals surface area contributed by atoms with E-state index in [0.717, 1.165) is 15.6 Å². The van der Waals surface area contributed by atoms with Gasteiger partial charge in [0.15, 0.2) is 0 Å². The van der Waals surface area contributed by atoms with Crippen molar-refractivity contribution < 1.29 is 9.53 Å². The smallest absolute Gasteiger partial charge is 0.355 e. The van der Waals surface area contributed by atoms with Gasteiger partial charge in [-0.05, 0) is 24.6 Å². The molecule has 4 heteroatoms. The molecule has 17 heavy (non-hydrogen) atoms. The van der Waals surface area contributed by atoms with E-state index in [1.165, 1.54) is 0 Å². The van der Waals surface area contributed by atoms with Gasteiger partial charge in [0.1, 0.15) is 5.69 Å². The van der Waals surface area contributed by atoms with Gasteiger partial charge in [-0.1, -0.05) is 34.1 Å². The van der Waals surface area contributed by atoms with Crippen LogP contribution in [-0.4, -0.2) is 17.6 Å². The Bertz CT molecular complexity index is 534. The fourth-order valence-corrected chi connectivity index (χ4v) is 2.14. The Labute approximate surface area is 108 Å². The third-order valence-electron chi connectivity index (χ3n) is 2.39. The molecule has 1 aromatic heterocycles. The normalized spacial score (nSPS) is 10.2. The van der Waals surface area contributed by atoms with Gasteiger partial charge in [0.05, 0.1) is 6.61 Å². The summed E-state index contributed by atoms with van der Waals surface area (Å²) in [5, 5.41) is 0. The molecule has 0 aliphatic heterocycles. The number of benzene rings is 1. The minimum atomic E-state index is -0.330. The van der Waals surface area contributed by atoms with Gasteiger partial charge in [0.25, 0.3) is 0 Å². The number of aromatic nitrogens is 1. The highest BCUT2D eigenvalue weighted by molar-refractivity contribution is 9.10. The minimum absolute atomic E-state index is 0.330. The summed E-state index contributed by atoms with van der Waals surface area (Å²) in [7, 11) is 0. The maximum atomic E-state index is 11.7. The van der Waals surface area contributed by atoms with Crippen molar-refractivity contribution in [3.05, 3.63) is 46.7 Å². The van der Waals surface area contributed by atoms with Crippen LogP contribution in [0.2, 0.25) is 0 Å². The first-order valence-electron chi connectivity index (χ1n) is 5.33. The summed E-state index contributed by atoms with van der Waals surface area (Å²) in [5.41, 5.74) is 2.30. The highest BCUT2D eigenvalue weighted by Crippen LogP contribution is 2.30. The van der Waals surface area contributed by atoms with E-state index in [1.807, 2.05) is 30.3 Å². The Balaban J connectivity index is 2.44. The summed E-state index contributed by atoms with van der Waals surface area (Å²) in [6.07, 6.45) is 1.74. The first-order chi connectivity index (χ1) is 8.24.